The minimum atomic E-state index is -0.156. The van der Waals surface area contributed by atoms with Gasteiger partial charge in [0.2, 0.25) is 0 Å². The molecular weight excluding hydrogens is 268 g/mol. The van der Waals surface area contributed by atoms with Crippen LogP contribution in [0.15, 0.2) is 22.6 Å². The summed E-state index contributed by atoms with van der Waals surface area (Å²) in [6.07, 6.45) is 0.946. The third-order valence-electron chi connectivity index (χ3n) is 3.49. The van der Waals surface area contributed by atoms with Gasteiger partial charge in [0.15, 0.2) is 5.76 Å². The van der Waals surface area contributed by atoms with Crippen molar-refractivity contribution in [1.29, 1.82) is 0 Å². The monoisotopic (exact) mass is 291 g/mol. The fourth-order valence-corrected chi connectivity index (χ4v) is 2.27. The molecule has 2 N–H and O–H groups in total. The molecule has 0 aliphatic carbocycles. The van der Waals surface area contributed by atoms with E-state index in [4.69, 9.17) is 9.15 Å². The molecule has 5 heteroatoms. The molecule has 5 nitrogen and oxygen atoms in total. The van der Waals surface area contributed by atoms with Crippen molar-refractivity contribution in [2.45, 2.75) is 13.3 Å². The molecule has 0 unspecified atom stereocenters. The first-order valence-electron chi connectivity index (χ1n) is 7.17. The van der Waals surface area contributed by atoms with Gasteiger partial charge in [-0.05, 0) is 25.1 Å². The van der Waals surface area contributed by atoms with Crippen LogP contribution in [0, 0.1) is 6.92 Å². The largest absolute Gasteiger partial charge is 0.497 e. The fourth-order valence-electron chi connectivity index (χ4n) is 2.27. The summed E-state index contributed by atoms with van der Waals surface area (Å²) in [5.41, 5.74) is 1.55. The smallest absolute Gasteiger partial charge is 0.287 e. The first kappa shape index (κ1) is 15.4. The number of nitrogens with one attached hydrogen (secondary N) is 2. The van der Waals surface area contributed by atoms with Gasteiger partial charge < -0.3 is 19.4 Å². The fraction of sp³-hybridized carbons (Fsp3) is 0.438. The van der Waals surface area contributed by atoms with E-state index < -0.39 is 0 Å². The van der Waals surface area contributed by atoms with Crippen molar-refractivity contribution >= 4 is 16.9 Å². The number of aryl methyl sites for hydroxylation is 1. The van der Waals surface area contributed by atoms with Crippen molar-refractivity contribution in [3.05, 3.63) is 29.5 Å². The molecule has 0 aliphatic heterocycles. The van der Waals surface area contributed by atoms with E-state index in [1.165, 1.54) is 4.90 Å². The predicted molar refractivity (Wildman–Crippen MR) is 82.1 cm³/mol. The van der Waals surface area contributed by atoms with Gasteiger partial charge in [0.05, 0.1) is 27.7 Å². The molecule has 2 rings (SSSR count). The van der Waals surface area contributed by atoms with Crippen molar-refractivity contribution in [3.8, 4) is 5.75 Å². The summed E-state index contributed by atoms with van der Waals surface area (Å²) in [5.74, 6) is 0.985. The van der Waals surface area contributed by atoms with Gasteiger partial charge in [0, 0.05) is 23.9 Å². The maximum Gasteiger partial charge on any atom is 0.287 e. The van der Waals surface area contributed by atoms with Crippen molar-refractivity contribution < 1.29 is 18.8 Å². The van der Waals surface area contributed by atoms with Crippen LogP contribution < -0.4 is 15.0 Å². The van der Waals surface area contributed by atoms with Gasteiger partial charge >= 0.3 is 0 Å². The second kappa shape index (κ2) is 6.63. The third-order valence-corrected chi connectivity index (χ3v) is 3.49. The number of rotatable bonds is 6. The number of hydrogen-bond acceptors (Lipinski definition) is 3. The van der Waals surface area contributed by atoms with Crippen LogP contribution >= 0.6 is 0 Å². The quantitative estimate of drug-likeness (QED) is 0.781. The van der Waals surface area contributed by atoms with E-state index in [1.807, 2.05) is 25.1 Å². The van der Waals surface area contributed by atoms with Gasteiger partial charge in [0.1, 0.15) is 11.3 Å². The molecule has 0 aliphatic rings. The van der Waals surface area contributed by atoms with Crippen molar-refractivity contribution in [1.82, 2.24) is 5.32 Å². The van der Waals surface area contributed by atoms with Crippen LogP contribution in [0.3, 0.4) is 0 Å². The number of hydrogen-bond donors (Lipinski definition) is 2. The number of quaternary nitrogens is 1. The van der Waals surface area contributed by atoms with Gasteiger partial charge in [-0.2, -0.15) is 0 Å². The SMILES string of the molecule is COc1ccc2oc(C(=O)NCCC[NH+](C)C)c(C)c2c1. The Hall–Kier alpha value is -2.01. The molecule has 2 aromatic rings. The van der Waals surface area contributed by atoms with Gasteiger partial charge in [-0.3, -0.25) is 4.79 Å². The molecule has 1 aromatic heterocycles. The second-order valence-corrected chi connectivity index (χ2v) is 5.48. The van der Waals surface area contributed by atoms with Crippen molar-refractivity contribution in [3.63, 3.8) is 0 Å². The highest BCUT2D eigenvalue weighted by molar-refractivity contribution is 5.99. The maximum absolute atomic E-state index is 12.2. The Morgan fingerprint density at radius 2 is 2.14 bits per heavy atom. The average Bonchev–Trinajstić information content (AvgIpc) is 2.80. The molecule has 1 amide bonds. The third kappa shape index (κ3) is 3.55. The number of benzene rings is 1. The summed E-state index contributed by atoms with van der Waals surface area (Å²) in [6.45, 7) is 3.57. The lowest BCUT2D eigenvalue weighted by atomic mass is 10.1. The van der Waals surface area contributed by atoms with Crippen LogP contribution in [0.1, 0.15) is 22.5 Å². The number of furan rings is 1. The number of amides is 1. The summed E-state index contributed by atoms with van der Waals surface area (Å²) >= 11 is 0. The molecule has 0 saturated heterocycles. The van der Waals surface area contributed by atoms with Gasteiger partial charge in [-0.25, -0.2) is 0 Å². The molecule has 114 valence electrons. The Morgan fingerprint density at radius 3 is 2.81 bits per heavy atom. The van der Waals surface area contributed by atoms with E-state index in [9.17, 15) is 4.79 Å². The zero-order valence-corrected chi connectivity index (χ0v) is 13.1. The van der Waals surface area contributed by atoms with E-state index in [1.54, 1.807) is 7.11 Å². The Labute approximate surface area is 124 Å². The molecule has 21 heavy (non-hydrogen) atoms. The lowest BCUT2D eigenvalue weighted by molar-refractivity contribution is -0.858. The molecule has 1 heterocycles. The standard InChI is InChI=1S/C16H22N2O3/c1-11-13-10-12(20-4)6-7-14(13)21-15(11)16(19)17-8-5-9-18(2)3/h6-7,10H,5,8-9H2,1-4H3,(H,17,19)/p+1. The number of carbonyl (C=O) groups excluding carboxylic acids is 1. The highest BCUT2D eigenvalue weighted by atomic mass is 16.5. The van der Waals surface area contributed by atoms with Crippen LogP contribution in [-0.4, -0.2) is 40.2 Å². The molecule has 0 fully saturated rings. The first-order valence-corrected chi connectivity index (χ1v) is 7.17. The predicted octanol–water partition coefficient (Wildman–Crippen LogP) is 1.01. The van der Waals surface area contributed by atoms with Gasteiger partial charge in [-0.1, -0.05) is 0 Å². The number of ether oxygens (including phenoxy) is 1. The van der Waals surface area contributed by atoms with Crippen LogP contribution in [0.4, 0.5) is 0 Å². The summed E-state index contributed by atoms with van der Waals surface area (Å²) < 4.78 is 10.9. The van der Waals surface area contributed by atoms with Crippen LogP contribution in [0.2, 0.25) is 0 Å². The minimum absolute atomic E-state index is 0.156. The maximum atomic E-state index is 12.2. The van der Waals surface area contributed by atoms with Crippen LogP contribution in [-0.2, 0) is 0 Å². The van der Waals surface area contributed by atoms with E-state index in [2.05, 4.69) is 19.4 Å². The Morgan fingerprint density at radius 1 is 1.38 bits per heavy atom. The van der Waals surface area contributed by atoms with Crippen LogP contribution in [0.25, 0.3) is 11.0 Å². The zero-order valence-electron chi connectivity index (χ0n) is 13.1. The van der Waals surface area contributed by atoms with Gasteiger partial charge in [0.25, 0.3) is 5.91 Å². The van der Waals surface area contributed by atoms with E-state index >= 15 is 0 Å². The highest BCUT2D eigenvalue weighted by Gasteiger charge is 2.17. The number of methoxy groups -OCH3 is 1. The Balaban J connectivity index is 2.10. The molecular formula is C16H23N2O3+. The topological polar surface area (TPSA) is 55.9 Å². The number of carbonyl (C=O) groups is 1. The molecule has 0 saturated carbocycles. The minimum Gasteiger partial charge on any atom is -0.497 e. The molecule has 0 spiro atoms. The average molecular weight is 291 g/mol. The summed E-state index contributed by atoms with van der Waals surface area (Å²) in [4.78, 5) is 13.6. The summed E-state index contributed by atoms with van der Waals surface area (Å²) in [7, 11) is 5.81. The van der Waals surface area contributed by atoms with Crippen molar-refractivity contribution in [2.75, 3.05) is 34.3 Å². The van der Waals surface area contributed by atoms with E-state index in [0.29, 0.717) is 17.9 Å². The lowest BCUT2D eigenvalue weighted by Gasteiger charge is -2.07. The second-order valence-electron chi connectivity index (χ2n) is 5.48. The Kier molecular flexibility index (Phi) is 4.85. The molecule has 0 atom stereocenters. The number of fused-ring (bicyclic) bond motifs is 1. The molecule has 1 aromatic carbocycles. The lowest BCUT2D eigenvalue weighted by Crippen LogP contribution is -3.05. The first-order chi connectivity index (χ1) is 10.0. The van der Waals surface area contributed by atoms with E-state index in [-0.39, 0.29) is 5.91 Å². The molecule has 0 radical (unpaired) electrons. The van der Waals surface area contributed by atoms with Crippen molar-refractivity contribution in [2.24, 2.45) is 0 Å². The van der Waals surface area contributed by atoms with E-state index in [0.717, 1.165) is 29.7 Å². The summed E-state index contributed by atoms with van der Waals surface area (Å²) in [5, 5.41) is 3.82. The highest BCUT2D eigenvalue weighted by Crippen LogP contribution is 2.28. The summed E-state index contributed by atoms with van der Waals surface area (Å²) in [6, 6.07) is 5.54. The van der Waals surface area contributed by atoms with Crippen LogP contribution in [0.5, 0.6) is 5.75 Å². The molecule has 0 bridgehead atoms. The van der Waals surface area contributed by atoms with Gasteiger partial charge in [-0.15, -0.1) is 0 Å². The Bertz CT molecular complexity index is 632. The zero-order chi connectivity index (χ0) is 15.4. The normalized spacial score (nSPS) is 11.1.